The lowest BCUT2D eigenvalue weighted by molar-refractivity contribution is -0.274. The minimum absolute atomic E-state index is 0.315. The highest BCUT2D eigenvalue weighted by Gasteiger charge is 2.30. The molecule has 0 atom stereocenters. The minimum atomic E-state index is -4.75. The van der Waals surface area contributed by atoms with Gasteiger partial charge in [-0.3, -0.25) is 10.2 Å². The Kier molecular flexibility index (Phi) is 5.19. The van der Waals surface area contributed by atoms with Crippen LogP contribution in [0.15, 0.2) is 59.7 Å². The Balaban J connectivity index is 1.85. The molecule has 0 saturated carbocycles. The predicted octanol–water partition coefficient (Wildman–Crippen LogP) is 3.62. The second-order valence-electron chi connectivity index (χ2n) is 4.30. The van der Waals surface area contributed by atoms with Crippen molar-refractivity contribution in [2.45, 2.75) is 6.36 Å². The summed E-state index contributed by atoms with van der Waals surface area (Å²) < 4.78 is 39.8. The van der Waals surface area contributed by atoms with Gasteiger partial charge in [-0.25, -0.2) is 0 Å². The van der Waals surface area contributed by atoms with Crippen LogP contribution >= 0.6 is 0 Å². The summed E-state index contributed by atoms with van der Waals surface area (Å²) in [5.41, 5.74) is 3.69. The van der Waals surface area contributed by atoms with Gasteiger partial charge in [-0.2, -0.15) is 5.10 Å². The average molecular weight is 323 g/mol. The first-order valence-electron chi connectivity index (χ1n) is 6.43. The monoisotopic (exact) mass is 323 g/mol. The number of carbonyl (C=O) groups excluding carboxylic acids is 1. The standard InChI is InChI=1S/C15H12F3N3O2/c16-15(17,18)23-13-8-6-11(7-9-13)20-14(22)10-19-21-12-4-2-1-3-5-12/h1-10,21H,(H,20,22)/b19-10-. The summed E-state index contributed by atoms with van der Waals surface area (Å²) in [6.45, 7) is 0. The number of benzene rings is 2. The van der Waals surface area contributed by atoms with Gasteiger partial charge in [0.05, 0.1) is 5.69 Å². The van der Waals surface area contributed by atoms with Crippen molar-refractivity contribution in [3.63, 3.8) is 0 Å². The fourth-order valence-electron chi connectivity index (χ4n) is 1.59. The van der Waals surface area contributed by atoms with Gasteiger partial charge in [-0.15, -0.1) is 13.2 Å². The second kappa shape index (κ2) is 7.30. The Labute approximate surface area is 129 Å². The molecule has 0 spiro atoms. The van der Waals surface area contributed by atoms with Crippen molar-refractivity contribution >= 4 is 23.5 Å². The van der Waals surface area contributed by atoms with Gasteiger partial charge in [0.1, 0.15) is 12.0 Å². The van der Waals surface area contributed by atoms with Crippen molar-refractivity contribution in [2.24, 2.45) is 5.10 Å². The van der Waals surface area contributed by atoms with E-state index in [2.05, 4.69) is 20.6 Å². The zero-order chi connectivity index (χ0) is 16.7. The number of nitrogens with zero attached hydrogens (tertiary/aromatic N) is 1. The molecule has 120 valence electrons. The normalized spacial score (nSPS) is 11.3. The van der Waals surface area contributed by atoms with Gasteiger partial charge >= 0.3 is 6.36 Å². The van der Waals surface area contributed by atoms with Crippen molar-refractivity contribution in [1.29, 1.82) is 0 Å². The Morgan fingerprint density at radius 3 is 2.26 bits per heavy atom. The summed E-state index contributed by atoms with van der Waals surface area (Å²) in [7, 11) is 0. The number of hydrogen-bond acceptors (Lipinski definition) is 4. The molecule has 1 amide bonds. The maximum atomic E-state index is 12.0. The van der Waals surface area contributed by atoms with E-state index in [9.17, 15) is 18.0 Å². The Morgan fingerprint density at radius 1 is 1.00 bits per heavy atom. The SMILES string of the molecule is O=C(/C=N\Nc1ccccc1)Nc1ccc(OC(F)(F)F)cc1. The van der Waals surface area contributed by atoms with E-state index in [-0.39, 0.29) is 5.75 Å². The maximum absolute atomic E-state index is 12.0. The molecular weight excluding hydrogens is 311 g/mol. The molecule has 0 heterocycles. The second-order valence-corrected chi connectivity index (χ2v) is 4.30. The van der Waals surface area contributed by atoms with Crippen LogP contribution in [0.3, 0.4) is 0 Å². The van der Waals surface area contributed by atoms with Crippen LogP contribution in [0.2, 0.25) is 0 Å². The fraction of sp³-hybridized carbons (Fsp3) is 0.0667. The van der Waals surface area contributed by atoms with Gasteiger partial charge in [0.15, 0.2) is 0 Å². The molecule has 0 radical (unpaired) electrons. The number of hydrazone groups is 1. The van der Waals surface area contributed by atoms with Crippen LogP contribution in [0, 0.1) is 0 Å². The highest BCUT2D eigenvalue weighted by Crippen LogP contribution is 2.23. The first-order chi connectivity index (χ1) is 10.9. The van der Waals surface area contributed by atoms with Gasteiger partial charge in [-0.1, -0.05) is 18.2 Å². The number of carbonyl (C=O) groups is 1. The van der Waals surface area contributed by atoms with Gasteiger partial charge in [-0.05, 0) is 36.4 Å². The molecule has 0 saturated heterocycles. The fourth-order valence-corrected chi connectivity index (χ4v) is 1.59. The molecule has 0 aliphatic heterocycles. The number of nitrogens with one attached hydrogen (secondary N) is 2. The number of hydrogen-bond donors (Lipinski definition) is 2. The first kappa shape index (κ1) is 16.3. The van der Waals surface area contributed by atoms with E-state index in [4.69, 9.17) is 0 Å². The third kappa shape index (κ3) is 6.08. The van der Waals surface area contributed by atoms with E-state index in [0.29, 0.717) is 11.4 Å². The van der Waals surface area contributed by atoms with E-state index in [1.807, 2.05) is 18.2 Å². The molecule has 5 nitrogen and oxygen atoms in total. The van der Waals surface area contributed by atoms with Crippen LogP contribution in [0.1, 0.15) is 0 Å². The first-order valence-corrected chi connectivity index (χ1v) is 6.43. The molecule has 0 bridgehead atoms. The summed E-state index contributed by atoms with van der Waals surface area (Å²) in [5, 5.41) is 6.20. The summed E-state index contributed by atoms with van der Waals surface area (Å²) in [5.74, 6) is -0.896. The Bertz CT molecular complexity index is 671. The number of rotatable bonds is 5. The smallest absolute Gasteiger partial charge is 0.406 e. The summed E-state index contributed by atoms with van der Waals surface area (Å²) in [6, 6.07) is 13.8. The molecule has 2 aromatic rings. The van der Waals surface area contributed by atoms with Crippen LogP contribution < -0.4 is 15.5 Å². The Morgan fingerprint density at radius 2 is 1.65 bits per heavy atom. The van der Waals surface area contributed by atoms with Crippen molar-refractivity contribution in [1.82, 2.24) is 0 Å². The molecule has 23 heavy (non-hydrogen) atoms. The molecule has 0 aliphatic carbocycles. The lowest BCUT2D eigenvalue weighted by atomic mass is 10.3. The third-order valence-electron chi connectivity index (χ3n) is 2.50. The lowest BCUT2D eigenvalue weighted by Gasteiger charge is -2.09. The summed E-state index contributed by atoms with van der Waals surface area (Å²) in [6.07, 6.45) is -3.73. The molecule has 0 unspecified atom stereocenters. The molecular formula is C15H12F3N3O2. The van der Waals surface area contributed by atoms with Crippen LogP contribution in [-0.4, -0.2) is 18.5 Å². The molecule has 0 aromatic heterocycles. The molecule has 2 N–H and O–H groups in total. The van der Waals surface area contributed by atoms with E-state index in [1.165, 1.54) is 12.1 Å². The minimum Gasteiger partial charge on any atom is -0.406 e. The molecule has 2 rings (SSSR count). The maximum Gasteiger partial charge on any atom is 0.573 e. The quantitative estimate of drug-likeness (QED) is 0.652. The van der Waals surface area contributed by atoms with E-state index in [0.717, 1.165) is 18.3 Å². The van der Waals surface area contributed by atoms with E-state index >= 15 is 0 Å². The Hall–Kier alpha value is -3.03. The van der Waals surface area contributed by atoms with Crippen molar-refractivity contribution in [3.8, 4) is 5.75 Å². The van der Waals surface area contributed by atoms with Gasteiger partial charge in [0, 0.05) is 5.69 Å². The van der Waals surface area contributed by atoms with Gasteiger partial charge in [0.25, 0.3) is 5.91 Å². The zero-order valence-electron chi connectivity index (χ0n) is 11.7. The van der Waals surface area contributed by atoms with Crippen LogP contribution in [0.4, 0.5) is 24.5 Å². The molecule has 0 fully saturated rings. The number of amides is 1. The lowest BCUT2D eigenvalue weighted by Crippen LogP contribution is -2.17. The zero-order valence-corrected chi connectivity index (χ0v) is 11.7. The van der Waals surface area contributed by atoms with Gasteiger partial charge in [0.2, 0.25) is 0 Å². The van der Waals surface area contributed by atoms with Crippen LogP contribution in [-0.2, 0) is 4.79 Å². The highest BCUT2D eigenvalue weighted by molar-refractivity contribution is 6.31. The van der Waals surface area contributed by atoms with Crippen molar-refractivity contribution in [3.05, 3.63) is 54.6 Å². The molecule has 2 aromatic carbocycles. The predicted molar refractivity (Wildman–Crippen MR) is 80.3 cm³/mol. The number of alkyl halides is 3. The number of halogens is 3. The summed E-state index contributed by atoms with van der Waals surface area (Å²) in [4.78, 5) is 11.6. The van der Waals surface area contributed by atoms with Crippen molar-refractivity contribution in [2.75, 3.05) is 10.7 Å². The van der Waals surface area contributed by atoms with Crippen LogP contribution in [0.25, 0.3) is 0 Å². The largest absolute Gasteiger partial charge is 0.573 e. The molecule has 0 aliphatic rings. The summed E-state index contributed by atoms with van der Waals surface area (Å²) >= 11 is 0. The number of anilines is 2. The number of ether oxygens (including phenoxy) is 1. The topological polar surface area (TPSA) is 62.7 Å². The van der Waals surface area contributed by atoms with Gasteiger partial charge < -0.3 is 10.1 Å². The highest BCUT2D eigenvalue weighted by atomic mass is 19.4. The average Bonchev–Trinajstić information content (AvgIpc) is 2.49. The van der Waals surface area contributed by atoms with Crippen molar-refractivity contribution < 1.29 is 22.7 Å². The number of para-hydroxylation sites is 1. The van der Waals surface area contributed by atoms with E-state index < -0.39 is 12.3 Å². The van der Waals surface area contributed by atoms with E-state index in [1.54, 1.807) is 12.1 Å². The molecule has 8 heteroatoms. The third-order valence-corrected chi connectivity index (χ3v) is 2.50. The van der Waals surface area contributed by atoms with Crippen LogP contribution in [0.5, 0.6) is 5.75 Å².